The van der Waals surface area contributed by atoms with Gasteiger partial charge < -0.3 is 15.5 Å². The molecular formula is C46H85NO3. The van der Waals surface area contributed by atoms with Crippen molar-refractivity contribution in [3.8, 4) is 0 Å². The van der Waals surface area contributed by atoms with Gasteiger partial charge in [0.25, 0.3) is 0 Å². The van der Waals surface area contributed by atoms with Gasteiger partial charge in [0.1, 0.15) is 0 Å². The molecule has 0 aromatic carbocycles. The first-order valence-corrected chi connectivity index (χ1v) is 21.9. The highest BCUT2D eigenvalue weighted by Crippen LogP contribution is 2.14. The molecule has 0 saturated carbocycles. The molecule has 0 fully saturated rings. The zero-order valence-electron chi connectivity index (χ0n) is 33.4. The molecule has 4 nitrogen and oxygen atoms in total. The average molecular weight is 700 g/mol. The molecule has 50 heavy (non-hydrogen) atoms. The number of aliphatic hydroxyl groups is 2. The second-order valence-corrected chi connectivity index (χ2v) is 14.8. The van der Waals surface area contributed by atoms with E-state index in [9.17, 15) is 15.0 Å². The third kappa shape index (κ3) is 37.6. The van der Waals surface area contributed by atoms with E-state index in [0.717, 1.165) is 38.5 Å². The maximum Gasteiger partial charge on any atom is 0.220 e. The summed E-state index contributed by atoms with van der Waals surface area (Å²) in [6, 6.07) is -0.620. The summed E-state index contributed by atoms with van der Waals surface area (Å²) in [6.45, 7) is 4.26. The molecule has 2 atom stereocenters. The van der Waals surface area contributed by atoms with Crippen molar-refractivity contribution in [3.63, 3.8) is 0 Å². The van der Waals surface area contributed by atoms with E-state index in [1.165, 1.54) is 161 Å². The molecule has 2 unspecified atom stereocenters. The lowest BCUT2D eigenvalue weighted by molar-refractivity contribution is -0.123. The van der Waals surface area contributed by atoms with Crippen LogP contribution in [0.2, 0.25) is 0 Å². The topological polar surface area (TPSA) is 69.6 Å². The second kappa shape index (κ2) is 41.8. The first-order valence-electron chi connectivity index (χ1n) is 21.9. The lowest BCUT2D eigenvalue weighted by Crippen LogP contribution is -2.45. The van der Waals surface area contributed by atoms with E-state index in [2.05, 4.69) is 55.6 Å². The van der Waals surface area contributed by atoms with E-state index < -0.39 is 12.1 Å². The van der Waals surface area contributed by atoms with Crippen molar-refractivity contribution in [1.82, 2.24) is 5.32 Å². The first-order chi connectivity index (χ1) is 24.7. The number of nitrogens with one attached hydrogen (secondary N) is 1. The Kier molecular flexibility index (Phi) is 40.4. The van der Waals surface area contributed by atoms with Gasteiger partial charge in [-0.2, -0.15) is 0 Å². The quantitative estimate of drug-likeness (QED) is 0.0442. The fraction of sp³-hybridized carbons (Fsp3) is 0.804. The van der Waals surface area contributed by atoms with Gasteiger partial charge in [-0.1, -0.05) is 204 Å². The monoisotopic (exact) mass is 700 g/mol. The van der Waals surface area contributed by atoms with Crippen LogP contribution in [0.4, 0.5) is 0 Å². The molecule has 0 bridgehead atoms. The van der Waals surface area contributed by atoms with Crippen LogP contribution in [0, 0.1) is 0 Å². The summed E-state index contributed by atoms with van der Waals surface area (Å²) >= 11 is 0. The van der Waals surface area contributed by atoms with Crippen molar-refractivity contribution in [2.75, 3.05) is 6.61 Å². The molecule has 0 aliphatic rings. The fourth-order valence-corrected chi connectivity index (χ4v) is 6.42. The molecule has 0 saturated heterocycles. The predicted octanol–water partition coefficient (Wildman–Crippen LogP) is 13.6. The van der Waals surface area contributed by atoms with Crippen LogP contribution in [0.5, 0.6) is 0 Å². The minimum atomic E-state index is -0.837. The van der Waals surface area contributed by atoms with Crippen molar-refractivity contribution in [2.45, 2.75) is 231 Å². The molecule has 1 amide bonds. The Morgan fingerprint density at radius 2 is 0.820 bits per heavy atom. The largest absolute Gasteiger partial charge is 0.394 e. The van der Waals surface area contributed by atoms with Crippen LogP contribution < -0.4 is 5.32 Å². The number of hydrogen-bond donors (Lipinski definition) is 3. The van der Waals surface area contributed by atoms with E-state index in [1.807, 2.05) is 6.08 Å². The highest BCUT2D eigenvalue weighted by molar-refractivity contribution is 5.76. The molecule has 0 aromatic heterocycles. The van der Waals surface area contributed by atoms with Crippen LogP contribution in [0.3, 0.4) is 0 Å². The standard InChI is InChI=1S/C46H85NO3/c1-3-5-7-9-11-13-14-15-16-17-18-19-20-21-22-23-24-25-26-27-28-29-30-31-32-34-36-38-40-42-46(50)47-44(43-48)45(49)41-39-37-35-33-12-10-8-6-4-2/h14-15,17-18,20-21,39,41,44-45,48-49H,3-13,16,19,22-38,40,42-43H2,1-2H3,(H,47,50)/b15-14-,18-17-,21-20-,41-39+. The summed E-state index contributed by atoms with van der Waals surface area (Å²) in [5.41, 5.74) is 0. The lowest BCUT2D eigenvalue weighted by atomic mass is 10.0. The van der Waals surface area contributed by atoms with Crippen molar-refractivity contribution < 1.29 is 15.0 Å². The summed E-state index contributed by atoms with van der Waals surface area (Å²) in [7, 11) is 0. The van der Waals surface area contributed by atoms with Crippen LogP contribution in [-0.4, -0.2) is 34.9 Å². The van der Waals surface area contributed by atoms with E-state index in [0.29, 0.717) is 6.42 Å². The number of allylic oxidation sites excluding steroid dienone is 7. The van der Waals surface area contributed by atoms with Gasteiger partial charge in [-0.05, 0) is 57.8 Å². The summed E-state index contributed by atoms with van der Waals surface area (Å²) in [5.74, 6) is -0.0682. The Bertz CT molecular complexity index is 801. The van der Waals surface area contributed by atoms with E-state index >= 15 is 0 Å². The molecule has 0 radical (unpaired) electrons. The summed E-state index contributed by atoms with van der Waals surface area (Å²) in [6.07, 6.45) is 56.6. The minimum Gasteiger partial charge on any atom is -0.394 e. The van der Waals surface area contributed by atoms with E-state index in [1.54, 1.807) is 6.08 Å². The highest BCUT2D eigenvalue weighted by atomic mass is 16.3. The van der Waals surface area contributed by atoms with Gasteiger partial charge in [0.2, 0.25) is 5.91 Å². The molecule has 0 aliphatic carbocycles. The van der Waals surface area contributed by atoms with Crippen LogP contribution in [0.25, 0.3) is 0 Å². The molecular weight excluding hydrogens is 615 g/mol. The molecule has 4 heteroatoms. The Hall–Kier alpha value is -1.65. The average Bonchev–Trinajstić information content (AvgIpc) is 3.12. The molecule has 3 N–H and O–H groups in total. The van der Waals surface area contributed by atoms with Gasteiger partial charge in [0.15, 0.2) is 0 Å². The summed E-state index contributed by atoms with van der Waals surface area (Å²) < 4.78 is 0. The Morgan fingerprint density at radius 3 is 1.22 bits per heavy atom. The number of unbranched alkanes of at least 4 members (excludes halogenated alkanes) is 26. The molecule has 0 rings (SSSR count). The Labute approximate surface area is 312 Å². The molecule has 0 spiro atoms. The normalized spacial score (nSPS) is 13.4. The maximum atomic E-state index is 12.3. The van der Waals surface area contributed by atoms with E-state index in [4.69, 9.17) is 0 Å². The zero-order valence-corrected chi connectivity index (χ0v) is 33.4. The van der Waals surface area contributed by atoms with Gasteiger partial charge in [-0.15, -0.1) is 0 Å². The van der Waals surface area contributed by atoms with Crippen LogP contribution >= 0.6 is 0 Å². The van der Waals surface area contributed by atoms with Gasteiger partial charge in [0, 0.05) is 6.42 Å². The molecule has 0 aliphatic heterocycles. The van der Waals surface area contributed by atoms with Gasteiger partial charge in [-0.25, -0.2) is 0 Å². The Morgan fingerprint density at radius 1 is 0.480 bits per heavy atom. The molecule has 292 valence electrons. The summed E-state index contributed by atoms with van der Waals surface area (Å²) in [4.78, 5) is 12.3. The summed E-state index contributed by atoms with van der Waals surface area (Å²) in [5, 5.41) is 22.9. The molecule has 0 aromatic rings. The van der Waals surface area contributed by atoms with Crippen molar-refractivity contribution >= 4 is 5.91 Å². The van der Waals surface area contributed by atoms with Crippen molar-refractivity contribution in [3.05, 3.63) is 48.6 Å². The maximum absolute atomic E-state index is 12.3. The second-order valence-electron chi connectivity index (χ2n) is 14.8. The van der Waals surface area contributed by atoms with Gasteiger partial charge >= 0.3 is 0 Å². The van der Waals surface area contributed by atoms with E-state index in [-0.39, 0.29) is 12.5 Å². The van der Waals surface area contributed by atoms with Gasteiger partial charge in [-0.3, -0.25) is 4.79 Å². The van der Waals surface area contributed by atoms with Crippen molar-refractivity contribution in [1.29, 1.82) is 0 Å². The number of amides is 1. The van der Waals surface area contributed by atoms with Crippen LogP contribution in [-0.2, 0) is 4.79 Å². The van der Waals surface area contributed by atoms with Crippen LogP contribution in [0.1, 0.15) is 219 Å². The predicted molar refractivity (Wildman–Crippen MR) is 221 cm³/mol. The number of hydrogen-bond acceptors (Lipinski definition) is 3. The Balaban J connectivity index is 3.49. The number of rotatable bonds is 39. The van der Waals surface area contributed by atoms with Crippen molar-refractivity contribution in [2.24, 2.45) is 0 Å². The number of carbonyl (C=O) groups excluding carboxylic acids is 1. The fourth-order valence-electron chi connectivity index (χ4n) is 6.42. The number of carbonyl (C=O) groups is 1. The molecule has 0 heterocycles. The number of aliphatic hydroxyl groups excluding tert-OH is 2. The van der Waals surface area contributed by atoms with Gasteiger partial charge in [0.05, 0.1) is 18.8 Å². The SMILES string of the molecule is CCCCCCC/C=C\C/C=C\C/C=C\CCCCCCCCCCCCCCCCC(=O)NC(CO)C(O)/C=C/CCCCCCCCC. The lowest BCUT2D eigenvalue weighted by Gasteiger charge is -2.20. The highest BCUT2D eigenvalue weighted by Gasteiger charge is 2.17. The third-order valence-electron chi connectivity index (χ3n) is 9.81. The smallest absolute Gasteiger partial charge is 0.220 e. The third-order valence-corrected chi connectivity index (χ3v) is 9.81. The van der Waals surface area contributed by atoms with Crippen LogP contribution in [0.15, 0.2) is 48.6 Å². The first kappa shape index (κ1) is 48.3. The zero-order chi connectivity index (χ0) is 36.4. The minimum absolute atomic E-state index is 0.0682.